The summed E-state index contributed by atoms with van der Waals surface area (Å²) in [4.78, 5) is 17.3. The molecule has 1 aromatic carbocycles. The van der Waals surface area contributed by atoms with E-state index >= 15 is 0 Å². The summed E-state index contributed by atoms with van der Waals surface area (Å²) >= 11 is 0. The summed E-state index contributed by atoms with van der Waals surface area (Å²) < 4.78 is 0. The maximum atomic E-state index is 10.7. The minimum Gasteiger partial charge on any atom is -0.478 e. The Bertz CT molecular complexity index is 766. The van der Waals surface area contributed by atoms with Crippen molar-refractivity contribution in [1.82, 2.24) is 9.88 Å². The van der Waals surface area contributed by atoms with Crippen LogP contribution in [0, 0.1) is 5.92 Å². The van der Waals surface area contributed by atoms with Crippen molar-refractivity contribution >= 4 is 17.9 Å². The van der Waals surface area contributed by atoms with E-state index in [2.05, 4.69) is 40.2 Å². The Hall–Kier alpha value is -2.66. The lowest BCUT2D eigenvalue weighted by Crippen LogP contribution is -2.34. The number of likely N-dealkylation sites (tertiary alicyclic amines) is 1. The van der Waals surface area contributed by atoms with Crippen molar-refractivity contribution in [1.29, 1.82) is 0 Å². The highest BCUT2D eigenvalue weighted by atomic mass is 16.4. The molecule has 1 aliphatic heterocycles. The Morgan fingerprint density at radius 2 is 2.00 bits per heavy atom. The number of hydrogen-bond acceptors (Lipinski definition) is 4. The largest absolute Gasteiger partial charge is 0.478 e. The summed E-state index contributed by atoms with van der Waals surface area (Å²) in [5.41, 5.74) is 9.15. The molecule has 0 unspecified atom stereocenters. The fourth-order valence-corrected chi connectivity index (χ4v) is 3.46. The van der Waals surface area contributed by atoms with Crippen LogP contribution >= 0.6 is 0 Å². The fourth-order valence-electron chi connectivity index (χ4n) is 3.46. The average molecular weight is 351 g/mol. The Morgan fingerprint density at radius 1 is 1.27 bits per heavy atom. The molecule has 5 nitrogen and oxygen atoms in total. The van der Waals surface area contributed by atoms with Crippen LogP contribution in [-0.4, -0.2) is 34.0 Å². The molecule has 5 heteroatoms. The lowest BCUT2D eigenvalue weighted by atomic mass is 9.90. The molecule has 1 aliphatic rings. The van der Waals surface area contributed by atoms with E-state index in [9.17, 15) is 4.79 Å². The molecule has 0 spiro atoms. The van der Waals surface area contributed by atoms with Crippen LogP contribution in [0.4, 0.5) is 5.82 Å². The highest BCUT2D eigenvalue weighted by Gasteiger charge is 2.20. The van der Waals surface area contributed by atoms with E-state index in [0.29, 0.717) is 5.82 Å². The molecule has 2 heterocycles. The Labute approximate surface area is 154 Å². The minimum absolute atomic E-state index is 0.517. The van der Waals surface area contributed by atoms with Gasteiger partial charge in [0.1, 0.15) is 5.82 Å². The molecule has 0 radical (unpaired) electrons. The van der Waals surface area contributed by atoms with E-state index in [4.69, 9.17) is 10.8 Å². The van der Waals surface area contributed by atoms with Crippen molar-refractivity contribution < 1.29 is 9.90 Å². The van der Waals surface area contributed by atoms with Crippen molar-refractivity contribution in [2.75, 3.05) is 18.8 Å². The lowest BCUT2D eigenvalue weighted by Gasteiger charge is -2.32. The van der Waals surface area contributed by atoms with Gasteiger partial charge in [0.15, 0.2) is 0 Å². The van der Waals surface area contributed by atoms with Gasteiger partial charge in [-0.2, -0.15) is 0 Å². The molecule has 0 saturated carbocycles. The average Bonchev–Trinajstić information content (AvgIpc) is 2.65. The van der Waals surface area contributed by atoms with Gasteiger partial charge in [0.2, 0.25) is 0 Å². The van der Waals surface area contributed by atoms with Crippen LogP contribution in [0.5, 0.6) is 0 Å². The molecule has 1 fully saturated rings. The maximum Gasteiger partial charge on any atom is 0.328 e. The van der Waals surface area contributed by atoms with Crippen LogP contribution in [0.2, 0.25) is 0 Å². The summed E-state index contributed by atoms with van der Waals surface area (Å²) in [5.74, 6) is 0.279. The number of aliphatic carboxylic acids is 1. The molecule has 3 rings (SSSR count). The minimum atomic E-state index is -0.969. The topological polar surface area (TPSA) is 79.4 Å². The van der Waals surface area contributed by atoms with Gasteiger partial charge < -0.3 is 10.8 Å². The molecule has 0 aliphatic carbocycles. The van der Waals surface area contributed by atoms with Crippen LogP contribution in [-0.2, 0) is 17.8 Å². The first kappa shape index (κ1) is 18.1. The number of nitrogens with zero attached hydrogens (tertiary/aromatic N) is 2. The molecule has 136 valence electrons. The summed E-state index contributed by atoms with van der Waals surface area (Å²) in [6.07, 6.45) is 7.77. The van der Waals surface area contributed by atoms with Crippen LogP contribution < -0.4 is 5.73 Å². The first-order valence-corrected chi connectivity index (χ1v) is 9.02. The third-order valence-corrected chi connectivity index (χ3v) is 4.91. The zero-order valence-electron chi connectivity index (χ0n) is 14.8. The molecular weight excluding hydrogens is 326 g/mol. The van der Waals surface area contributed by atoms with E-state index in [0.717, 1.165) is 49.2 Å². The Balaban J connectivity index is 1.55. The van der Waals surface area contributed by atoms with Crippen LogP contribution in [0.15, 0.2) is 48.7 Å². The standard InChI is InChI=1S/C21H25N3O2/c22-21-19(13-18(14-23-21)6-7-20(25)26)15-24-10-8-17(9-11-24)12-16-4-2-1-3-5-16/h1-7,13-14,17H,8-12,15H2,(H2,22,23)(H,25,26). The molecule has 26 heavy (non-hydrogen) atoms. The number of rotatable bonds is 6. The summed E-state index contributed by atoms with van der Waals surface area (Å²) in [7, 11) is 0. The van der Waals surface area contributed by atoms with Crippen LogP contribution in [0.3, 0.4) is 0 Å². The molecule has 1 saturated heterocycles. The molecule has 0 atom stereocenters. The second-order valence-corrected chi connectivity index (χ2v) is 6.89. The first-order valence-electron chi connectivity index (χ1n) is 9.02. The van der Waals surface area contributed by atoms with Gasteiger partial charge in [-0.15, -0.1) is 0 Å². The zero-order valence-corrected chi connectivity index (χ0v) is 14.8. The van der Waals surface area contributed by atoms with Crippen molar-refractivity contribution in [2.45, 2.75) is 25.8 Å². The molecule has 3 N–H and O–H groups in total. The zero-order chi connectivity index (χ0) is 18.4. The number of benzene rings is 1. The van der Waals surface area contributed by atoms with Gasteiger partial charge in [-0.1, -0.05) is 30.3 Å². The maximum absolute atomic E-state index is 10.7. The van der Waals surface area contributed by atoms with Gasteiger partial charge in [0.05, 0.1) is 0 Å². The lowest BCUT2D eigenvalue weighted by molar-refractivity contribution is -0.131. The molecule has 2 aromatic rings. The highest BCUT2D eigenvalue weighted by Crippen LogP contribution is 2.24. The van der Waals surface area contributed by atoms with Gasteiger partial charge >= 0.3 is 5.97 Å². The number of aromatic nitrogens is 1. The summed E-state index contributed by atoms with van der Waals surface area (Å²) in [6.45, 7) is 2.85. The number of pyridine rings is 1. The smallest absolute Gasteiger partial charge is 0.328 e. The second kappa shape index (κ2) is 8.63. The Kier molecular flexibility index (Phi) is 6.02. The van der Waals surface area contributed by atoms with Crippen molar-refractivity contribution in [3.8, 4) is 0 Å². The third-order valence-electron chi connectivity index (χ3n) is 4.91. The van der Waals surface area contributed by atoms with Crippen LogP contribution in [0.1, 0.15) is 29.5 Å². The van der Waals surface area contributed by atoms with E-state index < -0.39 is 5.97 Å². The molecule has 1 aromatic heterocycles. The molecule has 0 bridgehead atoms. The van der Waals surface area contributed by atoms with Crippen molar-refractivity contribution in [3.63, 3.8) is 0 Å². The fraction of sp³-hybridized carbons (Fsp3) is 0.333. The molecule has 0 amide bonds. The Morgan fingerprint density at radius 3 is 2.69 bits per heavy atom. The number of carboxylic acids is 1. The SMILES string of the molecule is Nc1ncc(C=CC(=O)O)cc1CN1CCC(Cc2ccccc2)CC1. The number of anilines is 1. The monoisotopic (exact) mass is 351 g/mol. The number of hydrogen-bond donors (Lipinski definition) is 2. The first-order chi connectivity index (χ1) is 12.6. The number of nitrogens with two attached hydrogens (primary N) is 1. The van der Waals surface area contributed by atoms with Crippen LogP contribution in [0.25, 0.3) is 6.08 Å². The number of nitrogen functional groups attached to an aromatic ring is 1. The van der Waals surface area contributed by atoms with E-state index in [1.165, 1.54) is 18.4 Å². The van der Waals surface area contributed by atoms with Crippen molar-refractivity contribution in [3.05, 3.63) is 65.4 Å². The highest BCUT2D eigenvalue weighted by molar-refractivity contribution is 5.85. The predicted molar refractivity (Wildman–Crippen MR) is 103 cm³/mol. The number of piperidine rings is 1. The van der Waals surface area contributed by atoms with E-state index in [1.54, 1.807) is 12.3 Å². The van der Waals surface area contributed by atoms with E-state index in [1.807, 2.05) is 6.07 Å². The van der Waals surface area contributed by atoms with Gasteiger partial charge in [-0.25, -0.2) is 9.78 Å². The van der Waals surface area contributed by atoms with Gasteiger partial charge in [-0.3, -0.25) is 4.90 Å². The van der Waals surface area contributed by atoms with Gasteiger partial charge in [0, 0.05) is 24.4 Å². The quantitative estimate of drug-likeness (QED) is 0.781. The summed E-state index contributed by atoms with van der Waals surface area (Å²) in [6, 6.07) is 12.6. The number of carbonyl (C=O) groups is 1. The van der Waals surface area contributed by atoms with E-state index in [-0.39, 0.29) is 0 Å². The van der Waals surface area contributed by atoms with Crippen molar-refractivity contribution in [2.24, 2.45) is 5.92 Å². The summed E-state index contributed by atoms with van der Waals surface area (Å²) in [5, 5.41) is 8.75. The normalized spacial score (nSPS) is 16.2. The molecular formula is C21H25N3O2. The van der Waals surface area contributed by atoms with Gasteiger partial charge in [-0.05, 0) is 61.5 Å². The number of carboxylic acid groups (broad SMARTS) is 1. The van der Waals surface area contributed by atoms with Gasteiger partial charge in [0.25, 0.3) is 0 Å². The predicted octanol–water partition coefficient (Wildman–Crippen LogP) is 3.22. The third kappa shape index (κ3) is 5.17. The second-order valence-electron chi connectivity index (χ2n) is 6.89.